The largest absolute Gasteiger partial charge is 0.493 e. The topological polar surface area (TPSA) is 67.9 Å². The quantitative estimate of drug-likeness (QED) is 0.415. The van der Waals surface area contributed by atoms with Crippen molar-refractivity contribution in [1.82, 2.24) is 10.2 Å². The van der Waals surface area contributed by atoms with Crippen molar-refractivity contribution < 1.29 is 19.1 Å². The highest BCUT2D eigenvalue weighted by atomic mass is 32.2. The lowest BCUT2D eigenvalue weighted by atomic mass is 10.2. The van der Waals surface area contributed by atoms with Gasteiger partial charge >= 0.3 is 0 Å². The first-order chi connectivity index (χ1) is 12.5. The van der Waals surface area contributed by atoms with Gasteiger partial charge in [0.25, 0.3) is 5.91 Å². The molecule has 0 radical (unpaired) electrons. The highest BCUT2D eigenvalue weighted by Crippen LogP contribution is 2.34. The third-order valence-electron chi connectivity index (χ3n) is 3.73. The molecule has 0 bridgehead atoms. The van der Waals surface area contributed by atoms with Gasteiger partial charge in [0.05, 0.1) is 19.1 Å². The average Bonchev–Trinajstić information content (AvgIpc) is 2.89. The maximum absolute atomic E-state index is 12.6. The van der Waals surface area contributed by atoms with Gasteiger partial charge in [-0.2, -0.15) is 0 Å². The van der Waals surface area contributed by atoms with E-state index in [2.05, 4.69) is 5.32 Å². The monoisotopic (exact) mass is 394 g/mol. The SMILES string of the molecule is CCCCNC(=O)CN1C(=O)/C(=C/c2ccc(OC)c(OC)c2)SC1=S. The van der Waals surface area contributed by atoms with E-state index in [1.807, 2.05) is 13.0 Å². The summed E-state index contributed by atoms with van der Waals surface area (Å²) in [4.78, 5) is 26.3. The number of hydrogen-bond donors (Lipinski definition) is 1. The van der Waals surface area contributed by atoms with Crippen molar-refractivity contribution in [3.63, 3.8) is 0 Å². The molecular formula is C18H22N2O4S2. The van der Waals surface area contributed by atoms with E-state index in [4.69, 9.17) is 21.7 Å². The van der Waals surface area contributed by atoms with Gasteiger partial charge in [-0.25, -0.2) is 0 Å². The summed E-state index contributed by atoms with van der Waals surface area (Å²) in [6.45, 7) is 2.59. The molecule has 1 aromatic carbocycles. The second-order valence-electron chi connectivity index (χ2n) is 5.59. The minimum absolute atomic E-state index is 0.0579. The van der Waals surface area contributed by atoms with Crippen LogP contribution in [0.15, 0.2) is 23.1 Å². The zero-order valence-corrected chi connectivity index (χ0v) is 16.7. The van der Waals surface area contributed by atoms with Crippen LogP contribution in [0.3, 0.4) is 0 Å². The Bertz CT molecular complexity index is 734. The first-order valence-corrected chi connectivity index (χ1v) is 9.46. The standard InChI is InChI=1S/C18H22N2O4S2/c1-4-5-8-19-16(21)11-20-17(22)15(26-18(20)25)10-12-6-7-13(23-2)14(9-12)24-3/h6-7,9-10H,4-5,8,11H2,1-3H3,(H,19,21)/b15-10-. The predicted molar refractivity (Wildman–Crippen MR) is 107 cm³/mol. The van der Waals surface area contributed by atoms with Crippen molar-refractivity contribution in [2.24, 2.45) is 0 Å². The maximum Gasteiger partial charge on any atom is 0.266 e. The van der Waals surface area contributed by atoms with Gasteiger partial charge in [-0.15, -0.1) is 0 Å². The Morgan fingerprint density at radius 2 is 2.04 bits per heavy atom. The van der Waals surface area contributed by atoms with E-state index in [-0.39, 0.29) is 18.4 Å². The summed E-state index contributed by atoms with van der Waals surface area (Å²) in [6, 6.07) is 5.38. The average molecular weight is 395 g/mol. The predicted octanol–water partition coefficient (Wildman–Crippen LogP) is 2.82. The van der Waals surface area contributed by atoms with E-state index >= 15 is 0 Å². The molecule has 1 N–H and O–H groups in total. The summed E-state index contributed by atoms with van der Waals surface area (Å²) < 4.78 is 10.9. The number of thioether (sulfide) groups is 1. The summed E-state index contributed by atoms with van der Waals surface area (Å²) >= 11 is 6.44. The molecular weight excluding hydrogens is 372 g/mol. The highest BCUT2D eigenvalue weighted by Gasteiger charge is 2.33. The lowest BCUT2D eigenvalue weighted by Crippen LogP contribution is -2.39. The van der Waals surface area contributed by atoms with Crippen LogP contribution in [-0.4, -0.2) is 48.3 Å². The Labute approximate surface area is 162 Å². The molecule has 26 heavy (non-hydrogen) atoms. The van der Waals surface area contributed by atoms with Gasteiger partial charge in [-0.3, -0.25) is 14.5 Å². The van der Waals surface area contributed by atoms with Crippen molar-refractivity contribution >= 4 is 46.2 Å². The number of amides is 2. The van der Waals surface area contributed by atoms with Crippen LogP contribution in [0.2, 0.25) is 0 Å². The zero-order valence-electron chi connectivity index (χ0n) is 15.0. The molecule has 140 valence electrons. The summed E-state index contributed by atoms with van der Waals surface area (Å²) in [5.41, 5.74) is 0.788. The molecule has 6 nitrogen and oxygen atoms in total. The van der Waals surface area contributed by atoms with Crippen LogP contribution in [0.4, 0.5) is 0 Å². The van der Waals surface area contributed by atoms with Gasteiger partial charge in [0, 0.05) is 6.54 Å². The molecule has 1 saturated heterocycles. The Balaban J connectivity index is 2.10. The van der Waals surface area contributed by atoms with Gasteiger partial charge in [0.15, 0.2) is 11.5 Å². The van der Waals surface area contributed by atoms with Crippen LogP contribution in [0.1, 0.15) is 25.3 Å². The molecule has 2 amide bonds. The molecule has 0 unspecified atom stereocenters. The number of rotatable bonds is 8. The summed E-state index contributed by atoms with van der Waals surface area (Å²) in [5, 5.41) is 2.79. The zero-order chi connectivity index (χ0) is 19.1. The minimum Gasteiger partial charge on any atom is -0.493 e. The Morgan fingerprint density at radius 3 is 2.69 bits per heavy atom. The van der Waals surface area contributed by atoms with Crippen LogP contribution in [0.25, 0.3) is 6.08 Å². The third kappa shape index (κ3) is 4.98. The molecule has 0 spiro atoms. The molecule has 0 aliphatic carbocycles. The summed E-state index contributed by atoms with van der Waals surface area (Å²) in [5.74, 6) is 0.718. The number of unbranched alkanes of at least 4 members (excludes halogenated alkanes) is 1. The van der Waals surface area contributed by atoms with Crippen LogP contribution in [0, 0.1) is 0 Å². The van der Waals surface area contributed by atoms with E-state index in [0.29, 0.717) is 27.3 Å². The smallest absolute Gasteiger partial charge is 0.266 e. The molecule has 8 heteroatoms. The van der Waals surface area contributed by atoms with Gasteiger partial charge < -0.3 is 14.8 Å². The van der Waals surface area contributed by atoms with Gasteiger partial charge in [0.2, 0.25) is 5.91 Å². The van der Waals surface area contributed by atoms with Crippen molar-refractivity contribution in [1.29, 1.82) is 0 Å². The van der Waals surface area contributed by atoms with Crippen molar-refractivity contribution in [2.75, 3.05) is 27.3 Å². The minimum atomic E-state index is -0.263. The molecule has 1 fully saturated rings. The fourth-order valence-electron chi connectivity index (χ4n) is 2.33. The van der Waals surface area contributed by atoms with Crippen molar-refractivity contribution in [3.05, 3.63) is 28.7 Å². The fraction of sp³-hybridized carbons (Fsp3) is 0.389. The first kappa shape index (κ1) is 20.3. The first-order valence-electron chi connectivity index (χ1n) is 8.24. The summed E-state index contributed by atoms with van der Waals surface area (Å²) in [6.07, 6.45) is 3.63. The maximum atomic E-state index is 12.6. The van der Waals surface area contributed by atoms with Gasteiger partial charge in [-0.05, 0) is 30.2 Å². The van der Waals surface area contributed by atoms with Crippen molar-refractivity contribution in [3.8, 4) is 11.5 Å². The lowest BCUT2D eigenvalue weighted by Gasteiger charge is -2.14. The van der Waals surface area contributed by atoms with Gasteiger partial charge in [-0.1, -0.05) is 43.4 Å². The number of nitrogens with one attached hydrogen (secondary N) is 1. The molecule has 1 aromatic rings. The van der Waals surface area contributed by atoms with E-state index in [0.717, 1.165) is 18.4 Å². The number of benzene rings is 1. The Kier molecular flexibility index (Phi) is 7.47. The van der Waals surface area contributed by atoms with Crippen LogP contribution < -0.4 is 14.8 Å². The number of methoxy groups -OCH3 is 2. The Hall–Kier alpha value is -2.06. The molecule has 0 aromatic heterocycles. The number of ether oxygens (including phenoxy) is 2. The number of nitrogens with zero attached hydrogens (tertiary/aromatic N) is 1. The number of hydrogen-bond acceptors (Lipinski definition) is 6. The molecule has 2 rings (SSSR count). The molecule has 1 aliphatic heterocycles. The van der Waals surface area contributed by atoms with Crippen molar-refractivity contribution in [2.45, 2.75) is 19.8 Å². The van der Waals surface area contributed by atoms with E-state index in [9.17, 15) is 9.59 Å². The van der Waals surface area contributed by atoms with Crippen LogP contribution in [-0.2, 0) is 9.59 Å². The second-order valence-corrected chi connectivity index (χ2v) is 7.26. The third-order valence-corrected chi connectivity index (χ3v) is 5.11. The van der Waals surface area contributed by atoms with Gasteiger partial charge in [0.1, 0.15) is 10.9 Å². The molecule has 1 heterocycles. The number of carbonyl (C=O) groups is 2. The fourth-order valence-corrected chi connectivity index (χ4v) is 3.59. The molecule has 0 saturated carbocycles. The number of thiocarbonyl (C=S) groups is 1. The Morgan fingerprint density at radius 1 is 1.31 bits per heavy atom. The van der Waals surface area contributed by atoms with Crippen LogP contribution in [0.5, 0.6) is 11.5 Å². The molecule has 0 atom stereocenters. The lowest BCUT2D eigenvalue weighted by molar-refractivity contribution is -0.128. The van der Waals surface area contributed by atoms with E-state index in [1.165, 1.54) is 16.7 Å². The van der Waals surface area contributed by atoms with E-state index in [1.54, 1.807) is 32.4 Å². The number of carbonyl (C=O) groups excluding carboxylic acids is 2. The summed E-state index contributed by atoms with van der Waals surface area (Å²) in [7, 11) is 3.12. The van der Waals surface area contributed by atoms with Crippen LogP contribution >= 0.6 is 24.0 Å². The highest BCUT2D eigenvalue weighted by molar-refractivity contribution is 8.26. The van der Waals surface area contributed by atoms with E-state index < -0.39 is 0 Å². The normalized spacial score (nSPS) is 15.5. The second kappa shape index (κ2) is 9.59. The molecule has 1 aliphatic rings.